The van der Waals surface area contributed by atoms with Gasteiger partial charge in [-0.25, -0.2) is 4.39 Å². The van der Waals surface area contributed by atoms with E-state index >= 15 is 0 Å². The van der Waals surface area contributed by atoms with Crippen molar-refractivity contribution in [2.45, 2.75) is 52.5 Å². The minimum atomic E-state index is -0.260. The van der Waals surface area contributed by atoms with Gasteiger partial charge in [0.25, 0.3) is 0 Å². The molecule has 112 valence electrons. The molecule has 3 heteroatoms. The van der Waals surface area contributed by atoms with Gasteiger partial charge in [-0.1, -0.05) is 31.9 Å². The lowest BCUT2D eigenvalue weighted by Gasteiger charge is -2.25. The highest BCUT2D eigenvalue weighted by Gasteiger charge is 2.14. The zero-order valence-corrected chi connectivity index (χ0v) is 12.9. The summed E-state index contributed by atoms with van der Waals surface area (Å²) in [4.78, 5) is 14.3. The van der Waals surface area contributed by atoms with Gasteiger partial charge in [-0.15, -0.1) is 0 Å². The number of benzene rings is 1. The molecule has 0 unspecified atom stereocenters. The molecular weight excluding hydrogens is 253 g/mol. The molecule has 0 radical (unpaired) electrons. The number of hydrogen-bond donors (Lipinski definition) is 0. The average Bonchev–Trinajstić information content (AvgIpc) is 2.40. The smallest absolute Gasteiger partial charge is 0.151 e. The number of halogens is 1. The van der Waals surface area contributed by atoms with Crippen molar-refractivity contribution in [2.75, 3.05) is 13.1 Å². The maximum atomic E-state index is 12.8. The summed E-state index contributed by atoms with van der Waals surface area (Å²) < 4.78 is 12.8. The fourth-order valence-corrected chi connectivity index (χ4v) is 2.20. The summed E-state index contributed by atoms with van der Waals surface area (Å²) in [5, 5.41) is 0. The van der Waals surface area contributed by atoms with Crippen LogP contribution in [-0.4, -0.2) is 29.8 Å². The first-order valence-electron chi connectivity index (χ1n) is 7.53. The molecular formula is C17H26FNO. The van der Waals surface area contributed by atoms with Crippen molar-refractivity contribution < 1.29 is 9.18 Å². The molecule has 0 bridgehead atoms. The lowest BCUT2D eigenvalue weighted by atomic mass is 10.1. The number of nitrogens with zero attached hydrogens (tertiary/aromatic N) is 1. The molecule has 0 atom stereocenters. The number of Topliss-reactive ketones (excluding diaryl/α,β-unsaturated/α-hetero) is 1. The van der Waals surface area contributed by atoms with Gasteiger partial charge >= 0.3 is 0 Å². The van der Waals surface area contributed by atoms with Crippen LogP contribution in [0.25, 0.3) is 0 Å². The van der Waals surface area contributed by atoms with Crippen molar-refractivity contribution in [3.8, 4) is 0 Å². The van der Waals surface area contributed by atoms with Gasteiger partial charge in [-0.3, -0.25) is 9.69 Å². The minimum Gasteiger partial charge on any atom is -0.298 e. The predicted octanol–water partition coefficient (Wildman–Crippen LogP) is 3.84. The third-order valence-electron chi connectivity index (χ3n) is 3.47. The summed E-state index contributed by atoms with van der Waals surface area (Å²) in [5.41, 5.74) is 0.883. The van der Waals surface area contributed by atoms with Crippen molar-refractivity contribution in [3.05, 3.63) is 35.6 Å². The highest BCUT2D eigenvalue weighted by molar-refractivity contribution is 5.82. The molecule has 0 aromatic heterocycles. The number of unbranched alkanes of at least 4 members (excludes halogenated alkanes) is 2. The largest absolute Gasteiger partial charge is 0.298 e. The second-order valence-electron chi connectivity index (χ2n) is 5.61. The highest BCUT2D eigenvalue weighted by atomic mass is 19.1. The van der Waals surface area contributed by atoms with Crippen LogP contribution in [0.4, 0.5) is 4.39 Å². The normalized spacial score (nSPS) is 11.3. The van der Waals surface area contributed by atoms with Gasteiger partial charge in [0.05, 0.1) is 6.54 Å². The summed E-state index contributed by atoms with van der Waals surface area (Å²) in [6.07, 6.45) is 3.92. The molecule has 2 nitrogen and oxygen atoms in total. The Balaban J connectivity index is 2.46. The number of ketones is 1. The van der Waals surface area contributed by atoms with Crippen molar-refractivity contribution in [3.63, 3.8) is 0 Å². The quantitative estimate of drug-likeness (QED) is 0.640. The van der Waals surface area contributed by atoms with Crippen LogP contribution in [0.15, 0.2) is 24.3 Å². The Kier molecular flexibility index (Phi) is 7.45. The highest BCUT2D eigenvalue weighted by Crippen LogP contribution is 2.07. The Bertz CT molecular complexity index is 400. The Morgan fingerprint density at radius 3 is 2.40 bits per heavy atom. The first kappa shape index (κ1) is 16.8. The van der Waals surface area contributed by atoms with Crippen molar-refractivity contribution in [1.29, 1.82) is 0 Å². The molecule has 0 fully saturated rings. The van der Waals surface area contributed by atoms with Crippen LogP contribution in [0.3, 0.4) is 0 Å². The monoisotopic (exact) mass is 279 g/mol. The van der Waals surface area contributed by atoms with Gasteiger partial charge in [0.15, 0.2) is 5.78 Å². The van der Waals surface area contributed by atoms with Crippen LogP contribution in [-0.2, 0) is 11.2 Å². The van der Waals surface area contributed by atoms with Gasteiger partial charge in [0, 0.05) is 12.5 Å². The van der Waals surface area contributed by atoms with E-state index in [2.05, 4.69) is 25.7 Å². The van der Waals surface area contributed by atoms with Crippen LogP contribution in [0, 0.1) is 5.82 Å². The molecule has 1 aromatic rings. The standard InChI is InChI=1S/C17H26FNO/c1-4-5-6-11-19(14(2)3)13-17(20)12-15-7-9-16(18)10-8-15/h7-10,14H,4-6,11-13H2,1-3H3. The second-order valence-corrected chi connectivity index (χ2v) is 5.61. The van der Waals surface area contributed by atoms with Crippen LogP contribution in [0.1, 0.15) is 45.6 Å². The fourth-order valence-electron chi connectivity index (χ4n) is 2.20. The number of rotatable bonds is 9. The lowest BCUT2D eigenvalue weighted by Crippen LogP contribution is -2.37. The van der Waals surface area contributed by atoms with Crippen molar-refractivity contribution >= 4 is 5.78 Å². The Labute approximate surface area is 122 Å². The van der Waals surface area contributed by atoms with E-state index in [1.54, 1.807) is 12.1 Å². The lowest BCUT2D eigenvalue weighted by molar-refractivity contribution is -0.120. The molecule has 0 aliphatic rings. The van der Waals surface area contributed by atoms with Crippen LogP contribution >= 0.6 is 0 Å². The first-order chi connectivity index (χ1) is 9.52. The molecule has 0 spiro atoms. The Morgan fingerprint density at radius 1 is 1.20 bits per heavy atom. The van der Waals surface area contributed by atoms with E-state index in [1.165, 1.54) is 25.0 Å². The predicted molar refractivity (Wildman–Crippen MR) is 81.3 cm³/mol. The zero-order valence-electron chi connectivity index (χ0n) is 12.9. The van der Waals surface area contributed by atoms with Gasteiger partial charge in [-0.2, -0.15) is 0 Å². The van der Waals surface area contributed by atoms with E-state index < -0.39 is 0 Å². The molecule has 0 amide bonds. The molecule has 0 aliphatic heterocycles. The van der Waals surface area contributed by atoms with Crippen LogP contribution < -0.4 is 0 Å². The van der Waals surface area contributed by atoms with Crippen LogP contribution in [0.5, 0.6) is 0 Å². The van der Waals surface area contributed by atoms with E-state index in [1.807, 2.05) is 0 Å². The molecule has 0 heterocycles. The second kappa shape index (κ2) is 8.85. The van der Waals surface area contributed by atoms with E-state index in [0.717, 1.165) is 18.5 Å². The Morgan fingerprint density at radius 2 is 1.85 bits per heavy atom. The molecule has 20 heavy (non-hydrogen) atoms. The summed E-state index contributed by atoms with van der Waals surface area (Å²) >= 11 is 0. The van der Waals surface area contributed by atoms with Gasteiger partial charge in [-0.05, 0) is 44.5 Å². The van der Waals surface area contributed by atoms with E-state index in [-0.39, 0.29) is 11.6 Å². The van der Waals surface area contributed by atoms with Crippen molar-refractivity contribution in [2.24, 2.45) is 0 Å². The SMILES string of the molecule is CCCCCN(CC(=O)Cc1ccc(F)cc1)C(C)C. The third kappa shape index (κ3) is 6.29. The summed E-state index contributed by atoms with van der Waals surface area (Å²) in [6, 6.07) is 6.56. The number of carbonyl (C=O) groups excluding carboxylic acids is 1. The van der Waals surface area contributed by atoms with Crippen LogP contribution in [0.2, 0.25) is 0 Å². The zero-order chi connectivity index (χ0) is 15.0. The number of hydrogen-bond acceptors (Lipinski definition) is 2. The van der Waals surface area contributed by atoms with Gasteiger partial charge < -0.3 is 0 Å². The van der Waals surface area contributed by atoms with E-state index in [4.69, 9.17) is 0 Å². The summed E-state index contributed by atoms with van der Waals surface area (Å²) in [5.74, 6) is -0.0635. The molecule has 0 aliphatic carbocycles. The maximum absolute atomic E-state index is 12.8. The van der Waals surface area contributed by atoms with Crippen molar-refractivity contribution in [1.82, 2.24) is 4.90 Å². The van der Waals surface area contributed by atoms with Gasteiger partial charge in [0.1, 0.15) is 5.82 Å². The summed E-state index contributed by atoms with van der Waals surface area (Å²) in [7, 11) is 0. The van der Waals surface area contributed by atoms with E-state index in [9.17, 15) is 9.18 Å². The van der Waals surface area contributed by atoms with Gasteiger partial charge in [0.2, 0.25) is 0 Å². The Hall–Kier alpha value is -1.22. The fraction of sp³-hybridized carbons (Fsp3) is 0.588. The average molecular weight is 279 g/mol. The number of carbonyl (C=O) groups is 1. The minimum absolute atomic E-state index is 0.196. The molecule has 0 saturated heterocycles. The molecule has 1 rings (SSSR count). The molecule has 0 N–H and O–H groups in total. The first-order valence-corrected chi connectivity index (χ1v) is 7.53. The van der Waals surface area contributed by atoms with E-state index in [0.29, 0.717) is 19.0 Å². The molecule has 0 saturated carbocycles. The maximum Gasteiger partial charge on any atom is 0.151 e. The topological polar surface area (TPSA) is 20.3 Å². The third-order valence-corrected chi connectivity index (χ3v) is 3.47. The molecule has 1 aromatic carbocycles. The summed E-state index contributed by atoms with van der Waals surface area (Å²) in [6.45, 7) is 7.88.